The van der Waals surface area contributed by atoms with Gasteiger partial charge in [-0.05, 0) is 55.8 Å². The molecule has 1 atom stereocenters. The molecular weight excluding hydrogens is 530 g/mol. The van der Waals surface area contributed by atoms with Crippen molar-refractivity contribution in [3.8, 4) is 0 Å². The largest absolute Gasteiger partial charge is 0.382 e. The van der Waals surface area contributed by atoms with E-state index < -0.39 is 23.5 Å². The molecule has 6 rings (SSSR count). The number of fused-ring (bicyclic) bond motifs is 2. The third-order valence-electron chi connectivity index (χ3n) is 7.15. The summed E-state index contributed by atoms with van der Waals surface area (Å²) in [6.45, 7) is 4.85. The van der Waals surface area contributed by atoms with Gasteiger partial charge < -0.3 is 25.4 Å². The van der Waals surface area contributed by atoms with Crippen LogP contribution in [0.1, 0.15) is 25.3 Å². The van der Waals surface area contributed by atoms with E-state index in [0.717, 1.165) is 16.5 Å². The summed E-state index contributed by atoms with van der Waals surface area (Å²) in [7, 11) is 0. The third kappa shape index (κ3) is 5.93. The predicted molar refractivity (Wildman–Crippen MR) is 163 cm³/mol. The molecule has 3 aromatic carbocycles. The van der Waals surface area contributed by atoms with Crippen molar-refractivity contribution in [2.75, 3.05) is 29.1 Å². The van der Waals surface area contributed by atoms with Crippen LogP contribution in [-0.2, 0) is 19.1 Å². The number of hydrogen-bond acceptors (Lipinski definition) is 7. The molecule has 1 fully saturated rings. The molecule has 0 aliphatic carbocycles. The van der Waals surface area contributed by atoms with Crippen LogP contribution in [0.4, 0.5) is 17.1 Å². The number of aromatic nitrogens is 2. The number of nitrogens with one attached hydrogen (secondary N) is 3. The molecule has 42 heavy (non-hydrogen) atoms. The van der Waals surface area contributed by atoms with E-state index in [0.29, 0.717) is 41.1 Å². The van der Waals surface area contributed by atoms with E-state index >= 15 is 0 Å². The molecule has 0 unspecified atom stereocenters. The fourth-order valence-corrected chi connectivity index (χ4v) is 5.13. The normalized spacial score (nSPS) is 16.0. The van der Waals surface area contributed by atoms with Gasteiger partial charge in [-0.2, -0.15) is 0 Å². The molecule has 0 radical (unpaired) electrons. The number of ether oxygens (including phenoxy) is 2. The van der Waals surface area contributed by atoms with Crippen LogP contribution in [0.25, 0.3) is 21.8 Å². The van der Waals surface area contributed by atoms with Gasteiger partial charge in [-0.1, -0.05) is 48.5 Å². The van der Waals surface area contributed by atoms with Crippen molar-refractivity contribution in [1.29, 1.82) is 0 Å². The predicted octanol–water partition coefficient (Wildman–Crippen LogP) is 5.71. The minimum atomic E-state index is -1.15. The standard InChI is InChI=1S/C33H31N5O4/c1-33(2)41-20-25(42-33)19-36-24-15-13-21(14-16-24)28(31(39)37-26-11-3-7-22-9-5-17-34-29(22)26)32(40)38-27-12-4-8-23-10-6-18-35-30(23)27/h3-18,25,28,36H,19-20H2,1-2H3,(H,37,39)(H,38,40)/t25-/m1/s1. The lowest BCUT2D eigenvalue weighted by atomic mass is 9.96. The topological polar surface area (TPSA) is 114 Å². The summed E-state index contributed by atoms with van der Waals surface area (Å²) in [5.41, 5.74) is 3.73. The van der Waals surface area contributed by atoms with E-state index in [2.05, 4.69) is 25.9 Å². The Morgan fingerprint density at radius 2 is 1.36 bits per heavy atom. The van der Waals surface area contributed by atoms with Gasteiger partial charge in [-0.25, -0.2) is 0 Å². The van der Waals surface area contributed by atoms with Gasteiger partial charge in [-0.3, -0.25) is 19.6 Å². The highest BCUT2D eigenvalue weighted by Crippen LogP contribution is 2.28. The summed E-state index contributed by atoms with van der Waals surface area (Å²) >= 11 is 0. The second kappa shape index (κ2) is 11.6. The Bertz CT molecular complexity index is 1650. The van der Waals surface area contributed by atoms with Gasteiger partial charge in [0, 0.05) is 35.4 Å². The number of rotatable bonds is 8. The minimum Gasteiger partial charge on any atom is -0.382 e. The minimum absolute atomic E-state index is 0.0763. The number of amides is 2. The molecule has 0 saturated carbocycles. The fourth-order valence-electron chi connectivity index (χ4n) is 5.13. The average Bonchev–Trinajstić information content (AvgIpc) is 3.35. The first kappa shape index (κ1) is 27.3. The Balaban J connectivity index is 1.27. The lowest BCUT2D eigenvalue weighted by Gasteiger charge is -2.19. The van der Waals surface area contributed by atoms with Crippen LogP contribution < -0.4 is 16.0 Å². The summed E-state index contributed by atoms with van der Waals surface area (Å²) in [6.07, 6.45) is 3.27. The molecule has 2 amide bonds. The first-order valence-electron chi connectivity index (χ1n) is 13.8. The van der Waals surface area contributed by atoms with E-state index in [9.17, 15) is 9.59 Å². The second-order valence-electron chi connectivity index (χ2n) is 10.6. The van der Waals surface area contributed by atoms with Crippen LogP contribution in [0.2, 0.25) is 0 Å². The number of hydrogen-bond donors (Lipinski definition) is 3. The first-order valence-corrected chi connectivity index (χ1v) is 13.8. The van der Waals surface area contributed by atoms with Crippen LogP contribution in [0.5, 0.6) is 0 Å². The molecule has 9 nitrogen and oxygen atoms in total. The number of pyridine rings is 2. The maximum atomic E-state index is 13.8. The van der Waals surface area contributed by atoms with Gasteiger partial charge in [0.25, 0.3) is 0 Å². The van der Waals surface area contributed by atoms with Gasteiger partial charge in [0.05, 0.1) is 29.0 Å². The molecular formula is C33H31N5O4. The summed E-state index contributed by atoms with van der Waals surface area (Å²) in [5.74, 6) is -2.69. The molecule has 3 N–H and O–H groups in total. The van der Waals surface area contributed by atoms with Gasteiger partial charge in [0.2, 0.25) is 11.8 Å². The Hall–Kier alpha value is -4.86. The van der Waals surface area contributed by atoms with Gasteiger partial charge >= 0.3 is 0 Å². The summed E-state index contributed by atoms with van der Waals surface area (Å²) in [6, 6.07) is 25.9. The second-order valence-corrected chi connectivity index (χ2v) is 10.6. The quantitative estimate of drug-likeness (QED) is 0.208. The number of carbonyl (C=O) groups excluding carboxylic acids is 2. The lowest BCUT2D eigenvalue weighted by molar-refractivity contribution is -0.136. The maximum absolute atomic E-state index is 13.8. The highest BCUT2D eigenvalue weighted by molar-refractivity contribution is 6.17. The Morgan fingerprint density at radius 3 is 1.88 bits per heavy atom. The van der Waals surface area contributed by atoms with Crippen LogP contribution in [0.15, 0.2) is 97.3 Å². The maximum Gasteiger partial charge on any atom is 0.241 e. The van der Waals surface area contributed by atoms with E-state index in [1.807, 2.05) is 74.5 Å². The van der Waals surface area contributed by atoms with Crippen LogP contribution >= 0.6 is 0 Å². The van der Waals surface area contributed by atoms with Crippen molar-refractivity contribution in [2.24, 2.45) is 0 Å². The van der Waals surface area contributed by atoms with Crippen molar-refractivity contribution in [2.45, 2.75) is 31.7 Å². The molecule has 212 valence electrons. The zero-order valence-electron chi connectivity index (χ0n) is 23.3. The van der Waals surface area contributed by atoms with E-state index in [-0.39, 0.29) is 6.10 Å². The molecule has 5 aromatic rings. The molecule has 1 aliphatic rings. The fraction of sp³-hybridized carbons (Fsp3) is 0.212. The Kier molecular flexibility index (Phi) is 7.52. The summed E-state index contributed by atoms with van der Waals surface area (Å²) < 4.78 is 11.5. The lowest BCUT2D eigenvalue weighted by Crippen LogP contribution is -2.32. The van der Waals surface area contributed by atoms with Crippen molar-refractivity contribution < 1.29 is 19.1 Å². The van der Waals surface area contributed by atoms with Gasteiger partial charge in [-0.15, -0.1) is 0 Å². The molecule has 3 heterocycles. The highest BCUT2D eigenvalue weighted by atomic mass is 16.7. The molecule has 1 saturated heterocycles. The van der Waals surface area contributed by atoms with Crippen molar-refractivity contribution in [3.05, 3.63) is 103 Å². The van der Waals surface area contributed by atoms with Crippen molar-refractivity contribution in [1.82, 2.24) is 9.97 Å². The molecule has 0 bridgehead atoms. The van der Waals surface area contributed by atoms with Gasteiger partial charge in [0.15, 0.2) is 5.79 Å². The summed E-state index contributed by atoms with van der Waals surface area (Å²) in [5, 5.41) is 11.0. The monoisotopic (exact) mass is 561 g/mol. The number of nitrogens with zero attached hydrogens (tertiary/aromatic N) is 2. The molecule has 1 aliphatic heterocycles. The van der Waals surface area contributed by atoms with Crippen LogP contribution in [0.3, 0.4) is 0 Å². The molecule has 0 spiro atoms. The number of para-hydroxylation sites is 2. The number of anilines is 3. The number of benzene rings is 3. The SMILES string of the molecule is CC1(C)OC[C@@H](CNc2ccc(C(C(=O)Nc3cccc4cccnc34)C(=O)Nc3cccc4cccnc34)cc2)O1. The zero-order valence-corrected chi connectivity index (χ0v) is 23.3. The van der Waals surface area contributed by atoms with E-state index in [1.54, 1.807) is 36.7 Å². The first-order chi connectivity index (χ1) is 20.4. The average molecular weight is 562 g/mol. The zero-order chi connectivity index (χ0) is 29.1. The van der Waals surface area contributed by atoms with Crippen molar-refractivity contribution in [3.63, 3.8) is 0 Å². The van der Waals surface area contributed by atoms with E-state index in [4.69, 9.17) is 9.47 Å². The molecule has 9 heteroatoms. The summed E-state index contributed by atoms with van der Waals surface area (Å²) in [4.78, 5) is 36.5. The Morgan fingerprint density at radius 1 is 0.810 bits per heavy atom. The van der Waals surface area contributed by atoms with Gasteiger partial charge in [0.1, 0.15) is 12.0 Å². The smallest absolute Gasteiger partial charge is 0.241 e. The van der Waals surface area contributed by atoms with Crippen LogP contribution in [0, 0.1) is 0 Å². The van der Waals surface area contributed by atoms with E-state index in [1.165, 1.54) is 0 Å². The van der Waals surface area contributed by atoms with Crippen LogP contribution in [-0.4, -0.2) is 46.8 Å². The highest BCUT2D eigenvalue weighted by Gasteiger charge is 2.33. The Labute approximate surface area is 243 Å². The van der Waals surface area contributed by atoms with Crippen molar-refractivity contribution >= 4 is 50.7 Å². The number of carbonyl (C=O) groups is 2. The third-order valence-corrected chi connectivity index (χ3v) is 7.15. The molecule has 2 aromatic heterocycles.